The maximum Gasteiger partial charge on any atom is 0.126 e. The number of rotatable bonds is 0. The highest BCUT2D eigenvalue weighted by Gasteiger charge is 1.96. The van der Waals surface area contributed by atoms with Crippen molar-refractivity contribution in [1.29, 1.82) is 0 Å². The topological polar surface area (TPSA) is 60.7 Å². The van der Waals surface area contributed by atoms with E-state index in [-0.39, 0.29) is 11.0 Å². The molecule has 0 aliphatic heterocycles. The summed E-state index contributed by atoms with van der Waals surface area (Å²) in [6.45, 7) is 1.77. The van der Waals surface area contributed by atoms with Crippen molar-refractivity contribution in [2.24, 2.45) is 0 Å². The van der Waals surface area contributed by atoms with Crippen molar-refractivity contribution >= 4 is 12.5 Å². The second-order valence-electron chi connectivity index (χ2n) is 2.49. The van der Waals surface area contributed by atoms with Crippen LogP contribution in [-0.2, 0) is 0 Å². The second-order valence-corrected chi connectivity index (χ2v) is 2.49. The summed E-state index contributed by atoms with van der Waals surface area (Å²) in [5, 5.41) is 27.4. The number of aliphatic hydroxyl groups excluding tert-OH is 2. The van der Waals surface area contributed by atoms with Gasteiger partial charge in [-0.3, -0.25) is 0 Å². The summed E-state index contributed by atoms with van der Waals surface area (Å²) in [4.78, 5) is 0. The van der Waals surface area contributed by atoms with Gasteiger partial charge in [0.2, 0.25) is 0 Å². The molecule has 64 valence electrons. The van der Waals surface area contributed by atoms with Crippen molar-refractivity contribution in [2.75, 3.05) is 0 Å². The zero-order valence-electron chi connectivity index (χ0n) is 6.65. The van der Waals surface area contributed by atoms with Crippen LogP contribution in [0.2, 0.25) is 0 Å². The van der Waals surface area contributed by atoms with E-state index in [2.05, 4.69) is 0 Å². The Morgan fingerprint density at radius 2 is 1.67 bits per heavy atom. The number of aromatic hydroxyl groups is 1. The third-order valence-corrected chi connectivity index (χ3v) is 1.74. The summed E-state index contributed by atoms with van der Waals surface area (Å²) in [5.74, 6) is -0.0524. The third kappa shape index (κ3) is 1.21. The van der Waals surface area contributed by atoms with Gasteiger partial charge in [0.15, 0.2) is 0 Å². The summed E-state index contributed by atoms with van der Waals surface area (Å²) < 4.78 is 0. The minimum atomic E-state index is -0.0524. The van der Waals surface area contributed by atoms with Crippen LogP contribution in [0, 0.1) is 6.92 Å². The molecule has 0 bridgehead atoms. The van der Waals surface area contributed by atoms with Gasteiger partial charge in [0, 0.05) is 5.22 Å². The van der Waals surface area contributed by atoms with Gasteiger partial charge in [0.05, 0.1) is 17.7 Å². The monoisotopic (exact) mass is 166 g/mol. The SMILES string of the molecule is Cc1ccc(O)c(=CO)c1=CO. The fourth-order valence-electron chi connectivity index (χ4n) is 1.04. The fourth-order valence-corrected chi connectivity index (χ4v) is 1.04. The maximum atomic E-state index is 9.22. The van der Waals surface area contributed by atoms with Crippen LogP contribution in [0.4, 0.5) is 0 Å². The van der Waals surface area contributed by atoms with Crippen LogP contribution in [0.15, 0.2) is 12.1 Å². The molecule has 3 nitrogen and oxygen atoms in total. The summed E-state index contributed by atoms with van der Waals surface area (Å²) in [7, 11) is 0. The highest BCUT2D eigenvalue weighted by Crippen LogP contribution is 1.97. The van der Waals surface area contributed by atoms with Gasteiger partial charge in [-0.1, -0.05) is 6.07 Å². The van der Waals surface area contributed by atoms with Crippen molar-refractivity contribution in [3.63, 3.8) is 0 Å². The molecule has 0 amide bonds. The molecule has 0 unspecified atom stereocenters. The molecule has 0 aliphatic rings. The zero-order valence-corrected chi connectivity index (χ0v) is 6.65. The smallest absolute Gasteiger partial charge is 0.126 e. The first-order chi connectivity index (χ1) is 5.70. The van der Waals surface area contributed by atoms with Gasteiger partial charge in [0.1, 0.15) is 5.75 Å². The summed E-state index contributed by atoms with van der Waals surface area (Å²) in [6, 6.07) is 3.12. The van der Waals surface area contributed by atoms with E-state index in [1.165, 1.54) is 6.07 Å². The van der Waals surface area contributed by atoms with Crippen LogP contribution in [0.25, 0.3) is 12.5 Å². The fraction of sp³-hybridized carbons (Fsp3) is 0.111. The number of hydrogen-bond donors (Lipinski definition) is 3. The predicted molar refractivity (Wildman–Crippen MR) is 46.3 cm³/mol. The van der Waals surface area contributed by atoms with Crippen molar-refractivity contribution < 1.29 is 15.3 Å². The molecule has 0 aliphatic carbocycles. The highest BCUT2D eigenvalue weighted by atomic mass is 16.3. The number of aliphatic hydroxyl groups is 2. The van der Waals surface area contributed by atoms with Crippen LogP contribution < -0.4 is 10.4 Å². The molecule has 0 saturated heterocycles. The lowest BCUT2D eigenvalue weighted by atomic mass is 10.1. The molecular weight excluding hydrogens is 156 g/mol. The average Bonchev–Trinajstić information content (AvgIpc) is 2.08. The second kappa shape index (κ2) is 3.17. The lowest BCUT2D eigenvalue weighted by Crippen LogP contribution is -2.27. The molecule has 3 heteroatoms. The molecule has 1 aromatic carbocycles. The summed E-state index contributed by atoms with van der Waals surface area (Å²) in [6.07, 6.45) is 1.63. The van der Waals surface area contributed by atoms with Gasteiger partial charge >= 0.3 is 0 Å². The van der Waals surface area contributed by atoms with Gasteiger partial charge < -0.3 is 15.3 Å². The minimum Gasteiger partial charge on any atom is -0.515 e. The molecule has 0 spiro atoms. The molecule has 0 atom stereocenters. The van der Waals surface area contributed by atoms with Crippen molar-refractivity contribution in [3.8, 4) is 5.75 Å². The number of aryl methyl sites for hydroxylation is 1. The normalized spacial score (nSPS) is 13.8. The van der Waals surface area contributed by atoms with Crippen LogP contribution in [0.5, 0.6) is 5.75 Å². The van der Waals surface area contributed by atoms with Crippen LogP contribution in [-0.4, -0.2) is 15.3 Å². The molecule has 0 aromatic heterocycles. The van der Waals surface area contributed by atoms with E-state index in [0.717, 1.165) is 18.1 Å². The van der Waals surface area contributed by atoms with Gasteiger partial charge in [-0.15, -0.1) is 0 Å². The number of hydrogen-bond acceptors (Lipinski definition) is 3. The predicted octanol–water partition coefficient (Wildman–Crippen LogP) is 0.293. The van der Waals surface area contributed by atoms with E-state index in [0.29, 0.717) is 5.22 Å². The van der Waals surface area contributed by atoms with Crippen LogP contribution in [0.3, 0.4) is 0 Å². The summed E-state index contributed by atoms with van der Waals surface area (Å²) >= 11 is 0. The van der Waals surface area contributed by atoms with Gasteiger partial charge in [-0.2, -0.15) is 0 Å². The first-order valence-electron chi connectivity index (χ1n) is 3.48. The Kier molecular flexibility index (Phi) is 2.24. The Morgan fingerprint density at radius 1 is 1.08 bits per heavy atom. The molecule has 1 aromatic rings. The molecule has 0 radical (unpaired) electrons. The molecule has 0 heterocycles. The first-order valence-corrected chi connectivity index (χ1v) is 3.48. The van der Waals surface area contributed by atoms with E-state index in [1.807, 2.05) is 0 Å². The summed E-state index contributed by atoms with van der Waals surface area (Å²) in [5.41, 5.74) is 0.788. The largest absolute Gasteiger partial charge is 0.515 e. The molecular formula is C9H10O3. The quantitative estimate of drug-likeness (QED) is 0.519. The molecule has 1 rings (SSSR count). The Morgan fingerprint density at radius 3 is 2.08 bits per heavy atom. The molecule has 12 heavy (non-hydrogen) atoms. The van der Waals surface area contributed by atoms with Gasteiger partial charge in [-0.25, -0.2) is 0 Å². The lowest BCUT2D eigenvalue weighted by Gasteiger charge is -1.96. The molecule has 0 saturated carbocycles. The maximum absolute atomic E-state index is 9.22. The van der Waals surface area contributed by atoms with Crippen LogP contribution in [0.1, 0.15) is 5.56 Å². The van der Waals surface area contributed by atoms with E-state index >= 15 is 0 Å². The standard InChI is InChI=1S/C9H10O3/c1-6-2-3-9(12)8(5-11)7(6)4-10/h2-5,10-12H,1H3. The van der Waals surface area contributed by atoms with Crippen molar-refractivity contribution in [3.05, 3.63) is 28.1 Å². The third-order valence-electron chi connectivity index (χ3n) is 1.74. The molecule has 3 N–H and O–H groups in total. The first kappa shape index (κ1) is 8.46. The van der Waals surface area contributed by atoms with Crippen LogP contribution >= 0.6 is 0 Å². The Hall–Kier alpha value is -1.64. The highest BCUT2D eigenvalue weighted by molar-refractivity contribution is 5.37. The van der Waals surface area contributed by atoms with Gasteiger partial charge in [-0.05, 0) is 18.6 Å². The zero-order chi connectivity index (χ0) is 9.14. The number of phenolic OH excluding ortho intramolecular Hbond substituents is 1. The van der Waals surface area contributed by atoms with E-state index in [9.17, 15) is 5.11 Å². The Labute approximate surface area is 69.5 Å². The van der Waals surface area contributed by atoms with E-state index in [1.54, 1.807) is 13.0 Å². The minimum absolute atomic E-state index is 0.0524. The Balaban J connectivity index is 3.76. The Bertz CT molecular complexity index is 354. The van der Waals surface area contributed by atoms with Crippen molar-refractivity contribution in [1.82, 2.24) is 0 Å². The number of benzene rings is 1. The van der Waals surface area contributed by atoms with Gasteiger partial charge in [0.25, 0.3) is 0 Å². The molecule has 0 fully saturated rings. The average molecular weight is 166 g/mol. The van der Waals surface area contributed by atoms with Crippen molar-refractivity contribution in [2.45, 2.75) is 6.92 Å². The van der Waals surface area contributed by atoms with E-state index < -0.39 is 0 Å². The van der Waals surface area contributed by atoms with E-state index in [4.69, 9.17) is 10.2 Å². The lowest BCUT2D eigenvalue weighted by molar-refractivity contribution is 0.463. The number of phenols is 1.